The number of rotatable bonds is 4. The lowest BCUT2D eigenvalue weighted by Crippen LogP contribution is -2.36. The first kappa shape index (κ1) is 16.0. The lowest BCUT2D eigenvalue weighted by Gasteiger charge is -2.23. The van der Waals surface area contributed by atoms with Crippen LogP contribution in [0.25, 0.3) is 0 Å². The molecule has 1 aromatic heterocycles. The Bertz CT molecular complexity index is 656. The Balaban J connectivity index is 2.11. The standard InChI is InChI=1S/C15H16BrFN2OS/c1-15(2,13-4-3-5-21-13)8-19-14(20)9-6-12(18)11(17)7-10(9)16/h3-7H,8,18H2,1-2H3,(H,19,20). The second-order valence-electron chi connectivity index (χ2n) is 5.40. The minimum atomic E-state index is -0.544. The highest BCUT2D eigenvalue weighted by atomic mass is 79.9. The maximum absolute atomic E-state index is 13.3. The molecule has 6 heteroatoms. The average Bonchev–Trinajstić information content (AvgIpc) is 2.95. The number of amides is 1. The van der Waals surface area contributed by atoms with Crippen LogP contribution in [0.15, 0.2) is 34.1 Å². The second kappa shape index (κ2) is 6.15. The van der Waals surface area contributed by atoms with Crippen LogP contribution in [0.2, 0.25) is 0 Å². The van der Waals surface area contributed by atoms with Crippen molar-refractivity contribution in [3.63, 3.8) is 0 Å². The lowest BCUT2D eigenvalue weighted by atomic mass is 9.91. The van der Waals surface area contributed by atoms with Gasteiger partial charge in [-0.15, -0.1) is 11.3 Å². The van der Waals surface area contributed by atoms with Gasteiger partial charge >= 0.3 is 0 Å². The predicted molar refractivity (Wildman–Crippen MR) is 88.2 cm³/mol. The van der Waals surface area contributed by atoms with Crippen LogP contribution >= 0.6 is 27.3 Å². The van der Waals surface area contributed by atoms with Gasteiger partial charge in [-0.1, -0.05) is 19.9 Å². The summed E-state index contributed by atoms with van der Waals surface area (Å²) in [5.74, 6) is -0.824. The maximum Gasteiger partial charge on any atom is 0.252 e. The van der Waals surface area contributed by atoms with Crippen molar-refractivity contribution in [3.8, 4) is 0 Å². The van der Waals surface area contributed by atoms with Crippen molar-refractivity contribution in [2.75, 3.05) is 12.3 Å². The third-order valence-corrected chi connectivity index (χ3v) is 5.10. The van der Waals surface area contributed by atoms with Crippen LogP contribution in [0, 0.1) is 5.82 Å². The van der Waals surface area contributed by atoms with Crippen molar-refractivity contribution in [2.24, 2.45) is 0 Å². The van der Waals surface area contributed by atoms with E-state index in [1.165, 1.54) is 17.0 Å². The van der Waals surface area contributed by atoms with Gasteiger partial charge in [0.05, 0.1) is 11.3 Å². The second-order valence-corrected chi connectivity index (χ2v) is 7.20. The SMILES string of the molecule is CC(C)(CNC(=O)c1cc(N)c(F)cc1Br)c1cccs1. The molecule has 0 bridgehead atoms. The number of nitrogens with two attached hydrogens (primary N) is 1. The minimum Gasteiger partial charge on any atom is -0.396 e. The van der Waals surface area contributed by atoms with Crippen LogP contribution in [0.4, 0.5) is 10.1 Å². The summed E-state index contributed by atoms with van der Waals surface area (Å²) in [6.07, 6.45) is 0. The van der Waals surface area contributed by atoms with Gasteiger partial charge in [-0.05, 0) is 39.5 Å². The third-order valence-electron chi connectivity index (χ3n) is 3.21. The van der Waals surface area contributed by atoms with Gasteiger partial charge in [0.1, 0.15) is 5.82 Å². The highest BCUT2D eigenvalue weighted by molar-refractivity contribution is 9.10. The quantitative estimate of drug-likeness (QED) is 0.800. The molecule has 0 spiro atoms. The van der Waals surface area contributed by atoms with E-state index in [2.05, 4.69) is 35.1 Å². The molecule has 2 rings (SSSR count). The number of halogens is 2. The summed E-state index contributed by atoms with van der Waals surface area (Å²) in [7, 11) is 0. The number of nitrogens with one attached hydrogen (secondary N) is 1. The number of benzene rings is 1. The first-order valence-corrected chi connectivity index (χ1v) is 8.05. The van der Waals surface area contributed by atoms with E-state index in [0.29, 0.717) is 16.6 Å². The summed E-state index contributed by atoms with van der Waals surface area (Å²) in [5.41, 5.74) is 5.64. The van der Waals surface area contributed by atoms with Crippen LogP contribution in [-0.2, 0) is 5.41 Å². The van der Waals surface area contributed by atoms with E-state index in [4.69, 9.17) is 5.73 Å². The molecule has 0 saturated heterocycles. The molecule has 3 nitrogen and oxygen atoms in total. The van der Waals surface area contributed by atoms with E-state index in [-0.39, 0.29) is 17.0 Å². The van der Waals surface area contributed by atoms with E-state index in [9.17, 15) is 9.18 Å². The number of hydrogen-bond donors (Lipinski definition) is 2. The Morgan fingerprint density at radius 3 is 2.81 bits per heavy atom. The molecule has 2 aromatic rings. The van der Waals surface area contributed by atoms with Crippen molar-refractivity contribution >= 4 is 38.9 Å². The number of anilines is 1. The molecule has 112 valence electrons. The Morgan fingerprint density at radius 1 is 1.48 bits per heavy atom. The van der Waals surface area contributed by atoms with Crippen molar-refractivity contribution in [2.45, 2.75) is 19.3 Å². The minimum absolute atomic E-state index is 0.0409. The first-order chi connectivity index (χ1) is 9.81. The molecule has 1 aromatic carbocycles. The average molecular weight is 371 g/mol. The van der Waals surface area contributed by atoms with Crippen LogP contribution in [-0.4, -0.2) is 12.5 Å². The van der Waals surface area contributed by atoms with Gasteiger partial charge in [-0.3, -0.25) is 4.79 Å². The fourth-order valence-corrected chi connectivity index (χ4v) is 3.23. The topological polar surface area (TPSA) is 55.1 Å². The summed E-state index contributed by atoms with van der Waals surface area (Å²) in [6.45, 7) is 4.61. The summed E-state index contributed by atoms with van der Waals surface area (Å²) < 4.78 is 13.7. The normalized spacial score (nSPS) is 11.4. The Kier molecular flexibility index (Phi) is 4.68. The Morgan fingerprint density at radius 2 is 2.19 bits per heavy atom. The fourth-order valence-electron chi connectivity index (χ4n) is 1.89. The van der Waals surface area contributed by atoms with Crippen molar-refractivity contribution in [3.05, 3.63) is 50.4 Å². The molecule has 1 amide bonds. The van der Waals surface area contributed by atoms with Crippen LogP contribution in [0.1, 0.15) is 29.1 Å². The van der Waals surface area contributed by atoms with E-state index in [1.807, 2.05) is 17.5 Å². The molecule has 0 aliphatic carbocycles. The zero-order valence-corrected chi connectivity index (χ0v) is 14.1. The lowest BCUT2D eigenvalue weighted by molar-refractivity contribution is 0.0945. The summed E-state index contributed by atoms with van der Waals surface area (Å²) in [4.78, 5) is 13.4. The molecule has 0 radical (unpaired) electrons. The maximum atomic E-state index is 13.3. The van der Waals surface area contributed by atoms with Crippen molar-refractivity contribution in [1.29, 1.82) is 0 Å². The number of hydrogen-bond acceptors (Lipinski definition) is 3. The van der Waals surface area contributed by atoms with Gasteiger partial charge < -0.3 is 11.1 Å². The Labute approximate surface area is 135 Å². The molecule has 0 saturated carbocycles. The first-order valence-electron chi connectivity index (χ1n) is 6.38. The van der Waals surface area contributed by atoms with Crippen LogP contribution in [0.3, 0.4) is 0 Å². The summed E-state index contributed by atoms with van der Waals surface area (Å²) >= 11 is 4.84. The largest absolute Gasteiger partial charge is 0.396 e. The molecule has 0 unspecified atom stereocenters. The predicted octanol–water partition coefficient (Wildman–Crippen LogP) is 3.94. The molecule has 0 atom stereocenters. The van der Waals surface area contributed by atoms with Gasteiger partial charge in [0, 0.05) is 21.3 Å². The Hall–Kier alpha value is -1.40. The number of nitrogen functional groups attached to an aromatic ring is 1. The molecule has 0 aliphatic rings. The van der Waals surface area contributed by atoms with E-state index >= 15 is 0 Å². The monoisotopic (exact) mass is 370 g/mol. The highest BCUT2D eigenvalue weighted by Gasteiger charge is 2.23. The number of thiophene rings is 1. The van der Waals surface area contributed by atoms with Gasteiger partial charge in [-0.25, -0.2) is 4.39 Å². The smallest absolute Gasteiger partial charge is 0.252 e. The molecule has 0 aliphatic heterocycles. The molecule has 0 fully saturated rings. The zero-order chi connectivity index (χ0) is 15.6. The van der Waals surface area contributed by atoms with Crippen LogP contribution < -0.4 is 11.1 Å². The molecule has 1 heterocycles. The van der Waals surface area contributed by atoms with Crippen molar-refractivity contribution < 1.29 is 9.18 Å². The molecular weight excluding hydrogens is 355 g/mol. The van der Waals surface area contributed by atoms with Gasteiger partial charge in [0.25, 0.3) is 5.91 Å². The van der Waals surface area contributed by atoms with Gasteiger partial charge in [0.15, 0.2) is 0 Å². The summed E-state index contributed by atoms with van der Waals surface area (Å²) in [6, 6.07) is 6.57. The van der Waals surface area contributed by atoms with Crippen LogP contribution in [0.5, 0.6) is 0 Å². The zero-order valence-electron chi connectivity index (χ0n) is 11.7. The van der Waals surface area contributed by atoms with Crippen molar-refractivity contribution in [1.82, 2.24) is 5.32 Å². The highest BCUT2D eigenvalue weighted by Crippen LogP contribution is 2.27. The van der Waals surface area contributed by atoms with E-state index < -0.39 is 5.82 Å². The molecule has 21 heavy (non-hydrogen) atoms. The van der Waals surface area contributed by atoms with E-state index in [1.54, 1.807) is 11.3 Å². The molecule has 3 N–H and O–H groups in total. The molecular formula is C15H16BrFN2OS. The summed E-state index contributed by atoms with van der Waals surface area (Å²) in [5, 5.41) is 4.88. The number of carbonyl (C=O) groups is 1. The van der Waals surface area contributed by atoms with Gasteiger partial charge in [-0.2, -0.15) is 0 Å². The number of carbonyl (C=O) groups excluding carboxylic acids is 1. The fraction of sp³-hybridized carbons (Fsp3) is 0.267. The van der Waals surface area contributed by atoms with Gasteiger partial charge in [0.2, 0.25) is 0 Å². The third kappa shape index (κ3) is 3.63. The van der Waals surface area contributed by atoms with E-state index in [0.717, 1.165) is 0 Å².